The van der Waals surface area contributed by atoms with Crippen molar-refractivity contribution in [3.63, 3.8) is 0 Å². The van der Waals surface area contributed by atoms with Gasteiger partial charge in [0.05, 0.1) is 18.8 Å². The van der Waals surface area contributed by atoms with Gasteiger partial charge in [-0.2, -0.15) is 0 Å². The molecule has 3 aliphatic rings. The van der Waals surface area contributed by atoms with Crippen molar-refractivity contribution in [2.75, 3.05) is 36.0 Å². The van der Waals surface area contributed by atoms with E-state index in [0.29, 0.717) is 31.0 Å². The van der Waals surface area contributed by atoms with Gasteiger partial charge in [-0.3, -0.25) is 4.79 Å². The summed E-state index contributed by atoms with van der Waals surface area (Å²) in [6.45, 7) is 4.82. The molecule has 5 nitrogen and oxygen atoms in total. The van der Waals surface area contributed by atoms with Crippen LogP contribution in [0.25, 0.3) is 0 Å². The molecule has 1 aliphatic carbocycles. The number of halogens is 3. The molecule has 2 aliphatic heterocycles. The maximum atomic E-state index is 15.2. The van der Waals surface area contributed by atoms with Crippen molar-refractivity contribution >= 4 is 17.3 Å². The normalized spacial score (nSPS) is 23.4. The number of hydrogen-bond acceptors (Lipinski definition) is 5. The van der Waals surface area contributed by atoms with Gasteiger partial charge in [0.1, 0.15) is 17.6 Å². The highest BCUT2D eigenvalue weighted by Crippen LogP contribution is 2.47. The predicted octanol–water partition coefficient (Wildman–Crippen LogP) is 5.59. The van der Waals surface area contributed by atoms with Crippen molar-refractivity contribution in [2.45, 2.75) is 63.9 Å². The number of nitrogens with zero attached hydrogens (tertiary/aromatic N) is 3. The summed E-state index contributed by atoms with van der Waals surface area (Å²) in [6.07, 6.45) is 4.37. The Bertz CT molecular complexity index is 1090. The first-order chi connectivity index (χ1) is 16.6. The van der Waals surface area contributed by atoms with Crippen molar-refractivity contribution in [1.29, 1.82) is 0 Å². The first kappa shape index (κ1) is 23.9. The zero-order valence-corrected chi connectivity index (χ0v) is 20.3. The predicted molar refractivity (Wildman–Crippen MR) is 129 cm³/mol. The van der Waals surface area contributed by atoms with Gasteiger partial charge in [0.15, 0.2) is 11.6 Å². The minimum Gasteiger partial charge on any atom is -0.489 e. The summed E-state index contributed by atoms with van der Waals surface area (Å²) < 4.78 is 48.6. The van der Waals surface area contributed by atoms with Gasteiger partial charge in [-0.1, -0.05) is 26.0 Å². The fourth-order valence-corrected chi connectivity index (χ4v) is 5.02. The van der Waals surface area contributed by atoms with Crippen molar-refractivity contribution in [1.82, 2.24) is 4.98 Å². The standard InChI is InChI=1S/C27H32F3N3O2/c1-18(15-23(34)26(2)9-10-26)19-3-5-20(6-4-19)35-21-8-13-32(16-21)22-7-12-31-25(24(22)28)33-14-11-27(29,30)17-33/h3-7,12,18,21H,8-11,13-17H2,1-2H3/t18-,21?/m1/s1. The van der Waals surface area contributed by atoms with Crippen LogP contribution in [0.3, 0.4) is 0 Å². The fourth-order valence-electron chi connectivity index (χ4n) is 5.02. The molecule has 1 aromatic carbocycles. The lowest BCUT2D eigenvalue weighted by atomic mass is 9.90. The maximum Gasteiger partial charge on any atom is 0.266 e. The highest BCUT2D eigenvalue weighted by molar-refractivity contribution is 5.87. The van der Waals surface area contributed by atoms with Gasteiger partial charge < -0.3 is 14.5 Å². The Labute approximate surface area is 204 Å². The Morgan fingerprint density at radius 2 is 1.89 bits per heavy atom. The Morgan fingerprint density at radius 3 is 2.54 bits per heavy atom. The number of benzene rings is 1. The maximum absolute atomic E-state index is 15.2. The molecule has 2 atom stereocenters. The van der Waals surface area contributed by atoms with Crippen LogP contribution in [0.5, 0.6) is 5.75 Å². The molecule has 0 bridgehead atoms. The topological polar surface area (TPSA) is 45.7 Å². The van der Waals surface area contributed by atoms with Crippen LogP contribution >= 0.6 is 0 Å². The first-order valence-electron chi connectivity index (χ1n) is 12.5. The van der Waals surface area contributed by atoms with Gasteiger partial charge in [-0.05, 0) is 42.5 Å². The molecule has 3 fully saturated rings. The molecule has 0 spiro atoms. The monoisotopic (exact) mass is 487 g/mol. The second kappa shape index (κ2) is 9.03. The largest absolute Gasteiger partial charge is 0.489 e. The summed E-state index contributed by atoms with van der Waals surface area (Å²) in [5, 5.41) is 0. The number of Topliss-reactive ketones (excluding diaryl/α,β-unsaturated/α-hetero) is 1. The molecular weight excluding hydrogens is 455 g/mol. The van der Waals surface area contributed by atoms with Crippen LogP contribution in [0.4, 0.5) is 24.7 Å². The third-order valence-corrected chi connectivity index (χ3v) is 7.72. The molecular formula is C27H32F3N3O2. The lowest BCUT2D eigenvalue weighted by Gasteiger charge is -2.23. The zero-order valence-electron chi connectivity index (χ0n) is 20.3. The second-order valence-corrected chi connectivity index (χ2v) is 10.6. The van der Waals surface area contributed by atoms with E-state index >= 15 is 4.39 Å². The highest BCUT2D eigenvalue weighted by Gasteiger charge is 2.44. The van der Waals surface area contributed by atoms with E-state index in [4.69, 9.17) is 4.74 Å². The van der Waals surface area contributed by atoms with Gasteiger partial charge in [-0.25, -0.2) is 18.2 Å². The average molecular weight is 488 g/mol. The number of ketones is 1. The van der Waals surface area contributed by atoms with Crippen molar-refractivity contribution < 1.29 is 22.7 Å². The van der Waals surface area contributed by atoms with E-state index < -0.39 is 18.3 Å². The molecule has 1 saturated carbocycles. The van der Waals surface area contributed by atoms with Crippen LogP contribution in [0.1, 0.15) is 57.4 Å². The minimum atomic E-state index is -2.81. The number of carbonyl (C=O) groups is 1. The van der Waals surface area contributed by atoms with E-state index in [1.165, 1.54) is 11.1 Å². The zero-order chi connectivity index (χ0) is 24.8. The molecule has 35 heavy (non-hydrogen) atoms. The Hall–Kier alpha value is -2.77. The third kappa shape index (κ3) is 5.11. The summed E-state index contributed by atoms with van der Waals surface area (Å²) >= 11 is 0. The van der Waals surface area contributed by atoms with E-state index in [0.717, 1.165) is 30.6 Å². The van der Waals surface area contributed by atoms with Gasteiger partial charge in [0.2, 0.25) is 0 Å². The average Bonchev–Trinajstić information content (AvgIpc) is 3.24. The number of carbonyl (C=O) groups excluding carboxylic acids is 1. The van der Waals surface area contributed by atoms with E-state index in [1.54, 1.807) is 6.07 Å². The summed E-state index contributed by atoms with van der Waals surface area (Å²) in [5.74, 6) is -2.13. The molecule has 2 aromatic rings. The quantitative estimate of drug-likeness (QED) is 0.486. The smallest absolute Gasteiger partial charge is 0.266 e. The van der Waals surface area contributed by atoms with Gasteiger partial charge in [0.25, 0.3) is 5.92 Å². The molecule has 3 heterocycles. The number of hydrogen-bond donors (Lipinski definition) is 0. The number of alkyl halides is 2. The lowest BCUT2D eigenvalue weighted by molar-refractivity contribution is -0.123. The third-order valence-electron chi connectivity index (χ3n) is 7.72. The molecule has 2 saturated heterocycles. The number of anilines is 2. The second-order valence-electron chi connectivity index (χ2n) is 10.6. The SMILES string of the molecule is C[C@H](CC(=O)C1(C)CC1)c1ccc(OC2CCN(c3ccnc(N4CCC(F)(F)C4)c3F)C2)cc1. The number of ether oxygens (including phenoxy) is 1. The van der Waals surface area contributed by atoms with E-state index in [9.17, 15) is 13.6 Å². The van der Waals surface area contributed by atoms with Crippen LogP contribution in [-0.4, -0.2) is 49.0 Å². The number of rotatable bonds is 8. The summed E-state index contributed by atoms with van der Waals surface area (Å²) in [7, 11) is 0. The summed E-state index contributed by atoms with van der Waals surface area (Å²) in [5.41, 5.74) is 1.39. The molecule has 1 aromatic heterocycles. The van der Waals surface area contributed by atoms with Crippen LogP contribution in [0.15, 0.2) is 36.5 Å². The van der Waals surface area contributed by atoms with E-state index in [2.05, 4.69) is 11.9 Å². The highest BCUT2D eigenvalue weighted by atomic mass is 19.3. The molecule has 0 radical (unpaired) electrons. The molecule has 1 unspecified atom stereocenters. The lowest BCUT2D eigenvalue weighted by Crippen LogP contribution is -2.28. The minimum absolute atomic E-state index is 0.0112. The van der Waals surface area contributed by atoms with Crippen LogP contribution in [0, 0.1) is 11.2 Å². The summed E-state index contributed by atoms with van der Waals surface area (Å²) in [6, 6.07) is 9.47. The van der Waals surface area contributed by atoms with Gasteiger partial charge in [-0.15, -0.1) is 0 Å². The van der Waals surface area contributed by atoms with Crippen molar-refractivity contribution in [3.05, 3.63) is 47.9 Å². The number of aromatic nitrogens is 1. The molecule has 0 amide bonds. The van der Waals surface area contributed by atoms with E-state index in [-0.39, 0.29) is 36.2 Å². The van der Waals surface area contributed by atoms with E-state index in [1.807, 2.05) is 36.1 Å². The Morgan fingerprint density at radius 1 is 1.14 bits per heavy atom. The Balaban J connectivity index is 1.18. The summed E-state index contributed by atoms with van der Waals surface area (Å²) in [4.78, 5) is 19.7. The van der Waals surface area contributed by atoms with Crippen LogP contribution < -0.4 is 14.5 Å². The molecule has 188 valence electrons. The van der Waals surface area contributed by atoms with Crippen molar-refractivity contribution in [2.24, 2.45) is 5.41 Å². The van der Waals surface area contributed by atoms with Crippen LogP contribution in [0.2, 0.25) is 0 Å². The van der Waals surface area contributed by atoms with Gasteiger partial charge >= 0.3 is 0 Å². The number of pyridine rings is 1. The van der Waals surface area contributed by atoms with Crippen LogP contribution in [-0.2, 0) is 4.79 Å². The first-order valence-corrected chi connectivity index (χ1v) is 12.5. The fraction of sp³-hybridized carbons (Fsp3) is 0.556. The van der Waals surface area contributed by atoms with Gasteiger partial charge in [0, 0.05) is 44.0 Å². The molecule has 8 heteroatoms. The Kier molecular flexibility index (Phi) is 6.18. The molecule has 5 rings (SSSR count). The molecule has 0 N–H and O–H groups in total. The van der Waals surface area contributed by atoms with Crippen molar-refractivity contribution in [3.8, 4) is 5.75 Å².